The van der Waals surface area contributed by atoms with E-state index in [1.807, 2.05) is 31.7 Å². The average Bonchev–Trinajstić information content (AvgIpc) is 2.50. The van der Waals surface area contributed by atoms with Crippen LogP contribution in [0.15, 0.2) is 6.07 Å². The van der Waals surface area contributed by atoms with Crippen LogP contribution in [0.2, 0.25) is 0 Å². The monoisotopic (exact) mass is 210 g/mol. The highest BCUT2D eigenvalue weighted by Crippen LogP contribution is 2.15. The maximum atomic E-state index is 11.5. The van der Waals surface area contributed by atoms with E-state index in [2.05, 4.69) is 5.32 Å². The summed E-state index contributed by atoms with van der Waals surface area (Å²) in [6.07, 6.45) is 0.908. The van der Waals surface area contributed by atoms with Crippen LogP contribution in [0.5, 0.6) is 0 Å². The minimum atomic E-state index is -0.272. The molecule has 1 rings (SSSR count). The van der Waals surface area contributed by atoms with Crippen molar-refractivity contribution in [2.75, 3.05) is 20.7 Å². The summed E-state index contributed by atoms with van der Waals surface area (Å²) in [4.78, 5) is 11.5. The molecule has 0 aliphatic heterocycles. The summed E-state index contributed by atoms with van der Waals surface area (Å²) in [5, 5.41) is 3.09. The molecule has 0 fully saturated rings. The highest BCUT2D eigenvalue weighted by atomic mass is 16.5. The van der Waals surface area contributed by atoms with Crippen molar-refractivity contribution in [1.29, 1.82) is 0 Å². The van der Waals surface area contributed by atoms with Crippen molar-refractivity contribution < 1.29 is 9.53 Å². The van der Waals surface area contributed by atoms with E-state index in [0.717, 1.165) is 24.2 Å². The molecule has 1 aromatic rings. The maximum Gasteiger partial charge on any atom is 0.354 e. The molecule has 4 heteroatoms. The van der Waals surface area contributed by atoms with Crippen LogP contribution in [0.4, 0.5) is 0 Å². The molecule has 0 aromatic carbocycles. The molecule has 0 amide bonds. The van der Waals surface area contributed by atoms with Crippen molar-refractivity contribution in [2.24, 2.45) is 7.05 Å². The zero-order valence-corrected chi connectivity index (χ0v) is 9.76. The quantitative estimate of drug-likeness (QED) is 0.750. The fourth-order valence-corrected chi connectivity index (χ4v) is 1.71. The second-order valence-electron chi connectivity index (χ2n) is 3.57. The largest absolute Gasteiger partial charge is 0.464 e. The summed E-state index contributed by atoms with van der Waals surface area (Å²) >= 11 is 0. The van der Waals surface area contributed by atoms with E-state index in [1.54, 1.807) is 0 Å². The number of nitrogens with one attached hydrogen (secondary N) is 1. The Morgan fingerprint density at radius 1 is 1.60 bits per heavy atom. The first-order valence-electron chi connectivity index (χ1n) is 5.00. The molecule has 84 valence electrons. The number of aryl methyl sites for hydroxylation is 1. The Morgan fingerprint density at radius 2 is 2.27 bits per heavy atom. The third kappa shape index (κ3) is 2.39. The first-order chi connectivity index (χ1) is 7.11. The highest BCUT2D eigenvalue weighted by molar-refractivity contribution is 5.89. The zero-order valence-electron chi connectivity index (χ0n) is 9.76. The normalized spacial score (nSPS) is 10.4. The molecule has 1 N–H and O–H groups in total. The summed E-state index contributed by atoms with van der Waals surface area (Å²) in [6.45, 7) is 2.83. The molecule has 1 aromatic heterocycles. The number of hydrogen-bond donors (Lipinski definition) is 1. The van der Waals surface area contributed by atoms with E-state index in [4.69, 9.17) is 4.74 Å². The Morgan fingerprint density at radius 3 is 2.80 bits per heavy atom. The molecule has 0 saturated carbocycles. The van der Waals surface area contributed by atoms with Crippen LogP contribution in [0.25, 0.3) is 0 Å². The van der Waals surface area contributed by atoms with Crippen LogP contribution in [0, 0.1) is 6.92 Å². The smallest absolute Gasteiger partial charge is 0.354 e. The Bertz CT molecular complexity index is 356. The molecule has 0 unspecified atom stereocenters. The Kier molecular flexibility index (Phi) is 3.91. The first kappa shape index (κ1) is 11.8. The molecule has 0 spiro atoms. The van der Waals surface area contributed by atoms with Crippen LogP contribution >= 0.6 is 0 Å². The lowest BCUT2D eigenvalue weighted by molar-refractivity contribution is 0.0588. The summed E-state index contributed by atoms with van der Waals surface area (Å²) in [5.41, 5.74) is 2.75. The molecular formula is C11H18N2O2. The summed E-state index contributed by atoms with van der Waals surface area (Å²) < 4.78 is 6.64. The van der Waals surface area contributed by atoms with Crippen molar-refractivity contribution in [2.45, 2.75) is 13.3 Å². The van der Waals surface area contributed by atoms with Crippen LogP contribution in [0.3, 0.4) is 0 Å². The number of aromatic nitrogens is 1. The van der Waals surface area contributed by atoms with Gasteiger partial charge in [-0.3, -0.25) is 0 Å². The molecule has 0 radical (unpaired) electrons. The number of rotatable bonds is 4. The number of likely N-dealkylation sites (N-methyl/N-ethyl adjacent to an activating group) is 1. The molecule has 15 heavy (non-hydrogen) atoms. The molecular weight excluding hydrogens is 192 g/mol. The van der Waals surface area contributed by atoms with Crippen LogP contribution in [0.1, 0.15) is 21.7 Å². The Labute approximate surface area is 90.2 Å². The molecule has 0 atom stereocenters. The molecule has 4 nitrogen and oxygen atoms in total. The predicted molar refractivity (Wildman–Crippen MR) is 59.1 cm³/mol. The number of methoxy groups -OCH3 is 1. The lowest BCUT2D eigenvalue weighted by Crippen LogP contribution is -2.14. The standard InChI is InChI=1S/C11H18N2O2/c1-8-7-9(5-6-12-2)13(3)10(8)11(14)15-4/h7,12H,5-6H2,1-4H3. The zero-order chi connectivity index (χ0) is 11.4. The third-order valence-electron chi connectivity index (χ3n) is 2.53. The van der Waals surface area contributed by atoms with Gasteiger partial charge in [0.2, 0.25) is 0 Å². The van der Waals surface area contributed by atoms with Gasteiger partial charge in [-0.05, 0) is 25.6 Å². The highest BCUT2D eigenvalue weighted by Gasteiger charge is 2.16. The molecule has 0 saturated heterocycles. The van der Waals surface area contributed by atoms with Crippen LogP contribution in [-0.4, -0.2) is 31.2 Å². The van der Waals surface area contributed by atoms with Gasteiger partial charge in [0.1, 0.15) is 5.69 Å². The van der Waals surface area contributed by atoms with Gasteiger partial charge in [0.15, 0.2) is 0 Å². The van der Waals surface area contributed by atoms with E-state index < -0.39 is 0 Å². The second kappa shape index (κ2) is 4.98. The maximum absolute atomic E-state index is 11.5. The number of carbonyl (C=O) groups is 1. The number of nitrogens with zero attached hydrogens (tertiary/aromatic N) is 1. The van der Waals surface area contributed by atoms with E-state index >= 15 is 0 Å². The lowest BCUT2D eigenvalue weighted by atomic mass is 10.2. The summed E-state index contributed by atoms with van der Waals surface area (Å²) in [5.74, 6) is -0.272. The molecule has 0 bridgehead atoms. The minimum Gasteiger partial charge on any atom is -0.464 e. The van der Waals surface area contributed by atoms with Gasteiger partial charge in [-0.25, -0.2) is 4.79 Å². The van der Waals surface area contributed by atoms with E-state index in [9.17, 15) is 4.79 Å². The van der Waals surface area contributed by atoms with Gasteiger partial charge >= 0.3 is 5.97 Å². The van der Waals surface area contributed by atoms with Crippen molar-refractivity contribution in [3.05, 3.63) is 23.0 Å². The van der Waals surface area contributed by atoms with Gasteiger partial charge in [0.25, 0.3) is 0 Å². The van der Waals surface area contributed by atoms with Crippen molar-refractivity contribution in [1.82, 2.24) is 9.88 Å². The van der Waals surface area contributed by atoms with Gasteiger partial charge in [0, 0.05) is 25.7 Å². The molecule has 1 heterocycles. The number of hydrogen-bond acceptors (Lipinski definition) is 3. The van der Waals surface area contributed by atoms with Gasteiger partial charge in [-0.2, -0.15) is 0 Å². The van der Waals surface area contributed by atoms with Gasteiger partial charge in [-0.1, -0.05) is 0 Å². The van der Waals surface area contributed by atoms with E-state index in [1.165, 1.54) is 7.11 Å². The topological polar surface area (TPSA) is 43.3 Å². The summed E-state index contributed by atoms with van der Waals surface area (Å²) in [7, 11) is 5.21. The van der Waals surface area contributed by atoms with Crippen LogP contribution < -0.4 is 5.32 Å². The van der Waals surface area contributed by atoms with Crippen molar-refractivity contribution >= 4 is 5.97 Å². The minimum absolute atomic E-state index is 0.272. The Balaban J connectivity index is 2.98. The Hall–Kier alpha value is -1.29. The van der Waals surface area contributed by atoms with Crippen molar-refractivity contribution in [3.8, 4) is 0 Å². The molecule has 0 aliphatic rings. The van der Waals surface area contributed by atoms with E-state index in [-0.39, 0.29) is 5.97 Å². The third-order valence-corrected chi connectivity index (χ3v) is 2.53. The van der Waals surface area contributed by atoms with Gasteiger partial charge in [0.05, 0.1) is 7.11 Å². The average molecular weight is 210 g/mol. The number of carbonyl (C=O) groups excluding carboxylic acids is 1. The second-order valence-corrected chi connectivity index (χ2v) is 3.57. The van der Waals surface area contributed by atoms with Crippen LogP contribution in [-0.2, 0) is 18.2 Å². The number of ether oxygens (including phenoxy) is 1. The summed E-state index contributed by atoms with van der Waals surface area (Å²) in [6, 6.07) is 2.03. The molecule has 0 aliphatic carbocycles. The number of esters is 1. The van der Waals surface area contributed by atoms with Gasteiger partial charge in [-0.15, -0.1) is 0 Å². The SMILES string of the molecule is CNCCc1cc(C)c(C(=O)OC)n1C. The van der Waals surface area contributed by atoms with Crippen molar-refractivity contribution in [3.63, 3.8) is 0 Å². The fourth-order valence-electron chi connectivity index (χ4n) is 1.71. The van der Waals surface area contributed by atoms with E-state index in [0.29, 0.717) is 5.69 Å². The lowest BCUT2D eigenvalue weighted by Gasteiger charge is -2.06. The fraction of sp³-hybridized carbons (Fsp3) is 0.545. The predicted octanol–water partition coefficient (Wildman–Crippen LogP) is 0.882. The van der Waals surface area contributed by atoms with Gasteiger partial charge < -0.3 is 14.6 Å². The first-order valence-corrected chi connectivity index (χ1v) is 5.00.